The van der Waals surface area contributed by atoms with E-state index < -0.39 is 15.9 Å². The molecular formula is C11H11NO3S. The van der Waals surface area contributed by atoms with E-state index in [9.17, 15) is 13.2 Å². The van der Waals surface area contributed by atoms with Crippen molar-refractivity contribution in [2.75, 3.05) is 5.75 Å². The minimum Gasteiger partial charge on any atom is -0.345 e. The molecule has 5 heteroatoms. The molecule has 0 saturated carbocycles. The van der Waals surface area contributed by atoms with Crippen molar-refractivity contribution in [1.82, 2.24) is 5.32 Å². The van der Waals surface area contributed by atoms with Gasteiger partial charge in [0.15, 0.2) is 9.84 Å². The highest BCUT2D eigenvalue weighted by Crippen LogP contribution is 2.08. The number of carbonyl (C=O) groups excluding carboxylic acids is 1. The van der Waals surface area contributed by atoms with Gasteiger partial charge in [0.1, 0.15) is 0 Å². The summed E-state index contributed by atoms with van der Waals surface area (Å²) < 4.78 is 22.2. The fourth-order valence-corrected chi connectivity index (χ4v) is 2.74. The lowest BCUT2D eigenvalue weighted by molar-refractivity contribution is 0.0947. The largest absolute Gasteiger partial charge is 0.345 e. The van der Waals surface area contributed by atoms with Gasteiger partial charge in [-0.3, -0.25) is 4.79 Å². The number of hydrogen-bond acceptors (Lipinski definition) is 3. The molecule has 0 fully saturated rings. The number of carbonyl (C=O) groups is 1. The number of rotatable bonds is 2. The summed E-state index contributed by atoms with van der Waals surface area (Å²) in [7, 11) is -3.12. The molecule has 84 valence electrons. The Morgan fingerprint density at radius 1 is 1.25 bits per heavy atom. The maximum atomic E-state index is 11.7. The molecule has 2 rings (SSSR count). The van der Waals surface area contributed by atoms with Gasteiger partial charge in [-0.05, 0) is 18.2 Å². The Balaban J connectivity index is 2.03. The normalized spacial score (nSPS) is 21.9. The molecule has 1 aromatic carbocycles. The zero-order chi connectivity index (χ0) is 11.6. The maximum absolute atomic E-state index is 11.7. The van der Waals surface area contributed by atoms with Crippen LogP contribution in [0.2, 0.25) is 0 Å². The van der Waals surface area contributed by atoms with Crippen LogP contribution in [0.5, 0.6) is 0 Å². The van der Waals surface area contributed by atoms with Gasteiger partial charge in [0.2, 0.25) is 0 Å². The Bertz CT molecular complexity index is 519. The van der Waals surface area contributed by atoms with Crippen molar-refractivity contribution >= 4 is 15.7 Å². The third-order valence-corrected chi connectivity index (χ3v) is 3.68. The number of hydrogen-bond donors (Lipinski definition) is 1. The number of sulfone groups is 1. The third-order valence-electron chi connectivity index (χ3n) is 2.28. The molecule has 1 amide bonds. The second-order valence-electron chi connectivity index (χ2n) is 3.60. The van der Waals surface area contributed by atoms with Crippen LogP contribution >= 0.6 is 0 Å². The molecular weight excluding hydrogens is 226 g/mol. The fourth-order valence-electron chi connectivity index (χ4n) is 1.51. The number of nitrogens with one attached hydrogen (secondary N) is 1. The molecule has 0 saturated heterocycles. The van der Waals surface area contributed by atoms with Gasteiger partial charge in [-0.15, -0.1) is 0 Å². The van der Waals surface area contributed by atoms with Crippen LogP contribution in [0.3, 0.4) is 0 Å². The summed E-state index contributed by atoms with van der Waals surface area (Å²) in [5, 5.41) is 3.79. The topological polar surface area (TPSA) is 63.2 Å². The molecule has 1 N–H and O–H groups in total. The minimum atomic E-state index is -3.12. The van der Waals surface area contributed by atoms with Crippen LogP contribution in [0.25, 0.3) is 0 Å². The van der Waals surface area contributed by atoms with Crippen LogP contribution in [0.15, 0.2) is 41.8 Å². The average Bonchev–Trinajstić information content (AvgIpc) is 2.59. The van der Waals surface area contributed by atoms with Crippen molar-refractivity contribution in [2.45, 2.75) is 6.04 Å². The Labute approximate surface area is 93.9 Å². The predicted molar refractivity (Wildman–Crippen MR) is 60.6 cm³/mol. The third kappa shape index (κ3) is 2.49. The van der Waals surface area contributed by atoms with Crippen molar-refractivity contribution in [3.05, 3.63) is 47.4 Å². The average molecular weight is 237 g/mol. The van der Waals surface area contributed by atoms with E-state index in [2.05, 4.69) is 5.32 Å². The molecule has 0 aliphatic carbocycles. The summed E-state index contributed by atoms with van der Waals surface area (Å²) in [5.74, 6) is -0.307. The Hall–Kier alpha value is -1.62. The summed E-state index contributed by atoms with van der Waals surface area (Å²) in [4.78, 5) is 11.7. The first-order valence-corrected chi connectivity index (χ1v) is 6.55. The molecule has 4 nitrogen and oxygen atoms in total. The molecule has 0 aromatic heterocycles. The van der Waals surface area contributed by atoms with E-state index in [0.717, 1.165) is 5.41 Å². The van der Waals surface area contributed by atoms with Crippen LogP contribution in [0.4, 0.5) is 0 Å². The van der Waals surface area contributed by atoms with E-state index in [4.69, 9.17) is 0 Å². The van der Waals surface area contributed by atoms with E-state index in [0.29, 0.717) is 5.56 Å². The van der Waals surface area contributed by atoms with E-state index in [-0.39, 0.29) is 11.7 Å². The minimum absolute atomic E-state index is 0.0500. The van der Waals surface area contributed by atoms with Gasteiger partial charge in [-0.25, -0.2) is 8.42 Å². The summed E-state index contributed by atoms with van der Waals surface area (Å²) in [6.07, 6.45) is 1.50. The van der Waals surface area contributed by atoms with E-state index in [1.54, 1.807) is 24.3 Å². The zero-order valence-corrected chi connectivity index (χ0v) is 9.28. The van der Waals surface area contributed by atoms with Crippen LogP contribution < -0.4 is 5.32 Å². The molecule has 1 aromatic rings. The van der Waals surface area contributed by atoms with Gasteiger partial charge in [0, 0.05) is 11.0 Å². The summed E-state index contributed by atoms with van der Waals surface area (Å²) in [6.45, 7) is 0. The SMILES string of the molecule is O=C(N[C@H]1C=CS(=O)(=O)C1)c1ccccc1. The van der Waals surface area contributed by atoms with Crippen molar-refractivity contribution in [3.63, 3.8) is 0 Å². The second-order valence-corrected chi connectivity index (χ2v) is 5.54. The van der Waals surface area contributed by atoms with Crippen molar-refractivity contribution in [3.8, 4) is 0 Å². The predicted octanol–water partition coefficient (Wildman–Crippen LogP) is 0.727. The smallest absolute Gasteiger partial charge is 0.251 e. The van der Waals surface area contributed by atoms with E-state index in [1.165, 1.54) is 6.08 Å². The van der Waals surface area contributed by atoms with Crippen LogP contribution in [-0.2, 0) is 9.84 Å². The first-order chi connectivity index (χ1) is 7.57. The number of amides is 1. The number of benzene rings is 1. The second kappa shape index (κ2) is 4.09. The summed E-state index contributed by atoms with van der Waals surface area (Å²) in [6, 6.07) is 8.28. The molecule has 0 bridgehead atoms. The standard InChI is InChI=1S/C11H11NO3S/c13-11(9-4-2-1-3-5-9)12-10-6-7-16(14,15)8-10/h1-7,10H,8H2,(H,12,13)/t10-/m0/s1. The first kappa shape index (κ1) is 10.9. The molecule has 0 spiro atoms. The van der Waals surface area contributed by atoms with Crippen LogP contribution in [-0.4, -0.2) is 26.1 Å². The first-order valence-electron chi connectivity index (χ1n) is 4.84. The Morgan fingerprint density at radius 3 is 2.50 bits per heavy atom. The molecule has 1 aliphatic heterocycles. The summed E-state index contributed by atoms with van der Waals surface area (Å²) in [5.41, 5.74) is 0.528. The van der Waals surface area contributed by atoms with Gasteiger partial charge < -0.3 is 5.32 Å². The lowest BCUT2D eigenvalue weighted by atomic mass is 10.2. The van der Waals surface area contributed by atoms with Gasteiger partial charge >= 0.3 is 0 Å². The highest BCUT2D eigenvalue weighted by atomic mass is 32.2. The Kier molecular flexibility index (Phi) is 2.78. The highest BCUT2D eigenvalue weighted by molar-refractivity contribution is 7.94. The fraction of sp³-hybridized carbons (Fsp3) is 0.182. The van der Waals surface area contributed by atoms with Gasteiger partial charge in [-0.1, -0.05) is 18.2 Å². The van der Waals surface area contributed by atoms with E-state index in [1.807, 2.05) is 6.07 Å². The molecule has 0 unspecified atom stereocenters. The van der Waals surface area contributed by atoms with Crippen molar-refractivity contribution in [2.24, 2.45) is 0 Å². The van der Waals surface area contributed by atoms with Gasteiger partial charge in [0.25, 0.3) is 5.91 Å². The molecule has 1 atom stereocenters. The maximum Gasteiger partial charge on any atom is 0.251 e. The molecule has 1 aliphatic rings. The lowest BCUT2D eigenvalue weighted by Gasteiger charge is -2.09. The zero-order valence-electron chi connectivity index (χ0n) is 8.46. The van der Waals surface area contributed by atoms with Crippen molar-refractivity contribution in [1.29, 1.82) is 0 Å². The lowest BCUT2D eigenvalue weighted by Crippen LogP contribution is -2.35. The van der Waals surface area contributed by atoms with Gasteiger partial charge in [-0.2, -0.15) is 0 Å². The monoisotopic (exact) mass is 237 g/mol. The van der Waals surface area contributed by atoms with E-state index >= 15 is 0 Å². The quantitative estimate of drug-likeness (QED) is 0.824. The van der Waals surface area contributed by atoms with Crippen LogP contribution in [0, 0.1) is 0 Å². The van der Waals surface area contributed by atoms with Crippen molar-refractivity contribution < 1.29 is 13.2 Å². The molecule has 1 heterocycles. The molecule has 16 heavy (non-hydrogen) atoms. The molecule has 0 radical (unpaired) electrons. The highest BCUT2D eigenvalue weighted by Gasteiger charge is 2.23. The van der Waals surface area contributed by atoms with Crippen LogP contribution in [0.1, 0.15) is 10.4 Å². The summed E-state index contributed by atoms with van der Waals surface area (Å²) >= 11 is 0. The van der Waals surface area contributed by atoms with Gasteiger partial charge in [0.05, 0.1) is 11.8 Å². The Morgan fingerprint density at radius 2 is 1.94 bits per heavy atom.